The summed E-state index contributed by atoms with van der Waals surface area (Å²) in [4.78, 5) is 5.79. The highest BCUT2D eigenvalue weighted by Gasteiger charge is 2.11. The molecule has 0 bridgehead atoms. The van der Waals surface area contributed by atoms with E-state index in [4.69, 9.17) is 11.2 Å². The minimum absolute atomic E-state index is 0.219. The van der Waals surface area contributed by atoms with Crippen LogP contribution in [0.5, 0.6) is 5.75 Å². The van der Waals surface area contributed by atoms with Crippen LogP contribution < -0.4 is 10.1 Å². The molecule has 4 heteroatoms. The number of para-hydroxylation sites is 1. The number of hydrogen-bond donors (Lipinski definition) is 1. The molecule has 0 spiro atoms. The van der Waals surface area contributed by atoms with Gasteiger partial charge in [0.25, 0.3) is 0 Å². The van der Waals surface area contributed by atoms with E-state index < -0.39 is 0 Å². The summed E-state index contributed by atoms with van der Waals surface area (Å²) in [6.45, 7) is 5.29. The molecule has 0 fully saturated rings. The van der Waals surface area contributed by atoms with Crippen LogP contribution >= 0.6 is 11.3 Å². The highest BCUT2D eigenvalue weighted by molar-refractivity contribution is 7.11. The minimum Gasteiger partial charge on any atom is -0.481 e. The van der Waals surface area contributed by atoms with Crippen LogP contribution in [0.15, 0.2) is 30.5 Å². The summed E-state index contributed by atoms with van der Waals surface area (Å²) in [5.74, 6) is 3.33. The Hall–Kier alpha value is -1.83. The second-order valence-corrected chi connectivity index (χ2v) is 5.87. The number of hydrogen-bond acceptors (Lipinski definition) is 4. The lowest BCUT2D eigenvalue weighted by atomic mass is 10.2. The first kappa shape index (κ1) is 15.6. The first-order valence-electron chi connectivity index (χ1n) is 7.06. The number of aromatic nitrogens is 1. The van der Waals surface area contributed by atoms with Crippen molar-refractivity contribution >= 4 is 11.3 Å². The van der Waals surface area contributed by atoms with Gasteiger partial charge in [0.05, 0.1) is 6.04 Å². The van der Waals surface area contributed by atoms with Crippen molar-refractivity contribution in [1.29, 1.82) is 0 Å². The Bertz CT molecular complexity index is 615. The molecule has 0 aliphatic heterocycles. The van der Waals surface area contributed by atoms with Gasteiger partial charge in [0.2, 0.25) is 0 Å². The average Bonchev–Trinajstić information content (AvgIpc) is 3.00. The molecule has 2 aromatic rings. The first-order valence-corrected chi connectivity index (χ1v) is 7.88. The highest BCUT2D eigenvalue weighted by atomic mass is 32.1. The maximum atomic E-state index is 5.56. The number of benzene rings is 1. The van der Waals surface area contributed by atoms with Crippen LogP contribution in [0, 0.1) is 12.3 Å². The molecule has 0 aliphatic rings. The highest BCUT2D eigenvalue weighted by Crippen LogP contribution is 2.22. The van der Waals surface area contributed by atoms with Crippen molar-refractivity contribution in [2.45, 2.75) is 32.9 Å². The first-order chi connectivity index (χ1) is 10.2. The van der Waals surface area contributed by atoms with Gasteiger partial charge in [0.1, 0.15) is 17.4 Å². The van der Waals surface area contributed by atoms with Crippen molar-refractivity contribution in [1.82, 2.24) is 10.3 Å². The third kappa shape index (κ3) is 4.32. The van der Waals surface area contributed by atoms with Crippen molar-refractivity contribution in [3.63, 3.8) is 0 Å². The van der Waals surface area contributed by atoms with Crippen molar-refractivity contribution in [2.24, 2.45) is 0 Å². The Morgan fingerprint density at radius 1 is 1.43 bits per heavy atom. The zero-order valence-electron chi connectivity index (χ0n) is 12.4. The van der Waals surface area contributed by atoms with Gasteiger partial charge in [-0.05, 0) is 19.4 Å². The molecule has 1 aromatic heterocycles. The van der Waals surface area contributed by atoms with Crippen LogP contribution in [0.1, 0.15) is 35.3 Å². The van der Waals surface area contributed by atoms with Crippen molar-refractivity contribution < 1.29 is 4.74 Å². The van der Waals surface area contributed by atoms with Crippen molar-refractivity contribution in [2.75, 3.05) is 6.61 Å². The molecule has 1 heterocycles. The standard InChI is InChI=1S/C17H20N2OS/c1-4-10-20-16-9-7-6-8-14(16)11-18-13(3)17-19-12-15(5-2)21-17/h1,6-9,12-13,18H,5,10-11H2,2-3H3. The fourth-order valence-corrected chi connectivity index (χ4v) is 2.83. The van der Waals surface area contributed by atoms with Gasteiger partial charge in [-0.15, -0.1) is 17.8 Å². The largest absolute Gasteiger partial charge is 0.481 e. The molecule has 110 valence electrons. The van der Waals surface area contributed by atoms with Crippen LogP contribution in [0.25, 0.3) is 0 Å². The SMILES string of the molecule is C#CCOc1ccccc1CNC(C)c1ncc(CC)s1. The monoisotopic (exact) mass is 300 g/mol. The van der Waals surface area contributed by atoms with Gasteiger partial charge < -0.3 is 10.1 Å². The zero-order valence-corrected chi connectivity index (χ0v) is 13.2. The van der Waals surface area contributed by atoms with E-state index in [0.717, 1.165) is 29.3 Å². The van der Waals surface area contributed by atoms with Crippen molar-refractivity contribution in [3.05, 3.63) is 45.9 Å². The lowest BCUT2D eigenvalue weighted by Crippen LogP contribution is -2.18. The smallest absolute Gasteiger partial charge is 0.148 e. The Kier molecular flexibility index (Phi) is 5.79. The second-order valence-electron chi connectivity index (χ2n) is 4.72. The summed E-state index contributed by atoms with van der Waals surface area (Å²) in [5, 5.41) is 4.61. The average molecular weight is 300 g/mol. The third-order valence-corrected chi connectivity index (χ3v) is 4.50. The summed E-state index contributed by atoms with van der Waals surface area (Å²) in [7, 11) is 0. The van der Waals surface area contributed by atoms with E-state index in [1.165, 1.54) is 4.88 Å². The van der Waals surface area contributed by atoms with E-state index in [-0.39, 0.29) is 6.04 Å². The molecule has 0 saturated heterocycles. The molecule has 1 unspecified atom stereocenters. The topological polar surface area (TPSA) is 34.1 Å². The number of nitrogens with one attached hydrogen (secondary N) is 1. The van der Waals surface area contributed by atoms with Gasteiger partial charge >= 0.3 is 0 Å². The second kappa shape index (κ2) is 7.82. The van der Waals surface area contributed by atoms with E-state index in [9.17, 15) is 0 Å². The van der Waals surface area contributed by atoms with Gasteiger partial charge in [-0.2, -0.15) is 0 Å². The Morgan fingerprint density at radius 2 is 2.24 bits per heavy atom. The summed E-state index contributed by atoms with van der Waals surface area (Å²) in [6.07, 6.45) is 8.24. The number of ether oxygens (including phenoxy) is 1. The number of aryl methyl sites for hydroxylation is 1. The van der Waals surface area contributed by atoms with Crippen LogP contribution in [0.3, 0.4) is 0 Å². The predicted octanol–water partition coefficient (Wildman–Crippen LogP) is 3.57. The Balaban J connectivity index is 1.97. The van der Waals surface area contributed by atoms with Gasteiger partial charge in [-0.1, -0.05) is 31.0 Å². The van der Waals surface area contributed by atoms with E-state index >= 15 is 0 Å². The maximum Gasteiger partial charge on any atom is 0.148 e. The van der Waals surface area contributed by atoms with Crippen LogP contribution in [0.4, 0.5) is 0 Å². The van der Waals surface area contributed by atoms with Crippen LogP contribution in [-0.4, -0.2) is 11.6 Å². The quantitative estimate of drug-likeness (QED) is 0.794. The summed E-state index contributed by atoms with van der Waals surface area (Å²) in [5.41, 5.74) is 1.10. The number of nitrogens with zero attached hydrogens (tertiary/aromatic N) is 1. The fourth-order valence-electron chi connectivity index (χ4n) is 1.95. The van der Waals surface area contributed by atoms with Gasteiger partial charge in [-0.25, -0.2) is 4.98 Å². The zero-order chi connectivity index (χ0) is 15.1. The third-order valence-electron chi connectivity index (χ3n) is 3.17. The molecular weight excluding hydrogens is 280 g/mol. The maximum absolute atomic E-state index is 5.56. The lowest BCUT2D eigenvalue weighted by Gasteiger charge is -2.14. The molecule has 0 radical (unpaired) electrons. The molecule has 0 saturated carbocycles. The Morgan fingerprint density at radius 3 is 2.95 bits per heavy atom. The molecular formula is C17H20N2OS. The van der Waals surface area contributed by atoms with E-state index in [1.807, 2.05) is 30.5 Å². The molecule has 0 amide bonds. The summed E-state index contributed by atoms with van der Waals surface area (Å²) >= 11 is 1.76. The van der Waals surface area contributed by atoms with Gasteiger partial charge in [0.15, 0.2) is 0 Å². The van der Waals surface area contributed by atoms with Gasteiger partial charge in [0, 0.05) is 23.2 Å². The molecule has 1 aromatic carbocycles. The molecule has 1 atom stereocenters. The number of terminal acetylenes is 1. The van der Waals surface area contributed by atoms with E-state index in [0.29, 0.717) is 6.61 Å². The lowest BCUT2D eigenvalue weighted by molar-refractivity contribution is 0.364. The minimum atomic E-state index is 0.219. The molecule has 2 rings (SSSR count). The summed E-state index contributed by atoms with van der Waals surface area (Å²) < 4.78 is 5.56. The Labute approximate surface area is 130 Å². The van der Waals surface area contributed by atoms with Crippen LogP contribution in [-0.2, 0) is 13.0 Å². The van der Waals surface area contributed by atoms with Crippen molar-refractivity contribution in [3.8, 4) is 18.1 Å². The molecule has 3 nitrogen and oxygen atoms in total. The summed E-state index contributed by atoms with van der Waals surface area (Å²) in [6, 6.07) is 8.16. The van der Waals surface area contributed by atoms with Gasteiger partial charge in [-0.3, -0.25) is 0 Å². The molecule has 21 heavy (non-hydrogen) atoms. The predicted molar refractivity (Wildman–Crippen MR) is 87.5 cm³/mol. The number of thiazole rings is 1. The van der Waals surface area contributed by atoms with E-state index in [1.54, 1.807) is 11.3 Å². The molecule has 0 aliphatic carbocycles. The van der Waals surface area contributed by atoms with Crippen LogP contribution in [0.2, 0.25) is 0 Å². The molecule has 1 N–H and O–H groups in total. The number of rotatable bonds is 7. The normalized spacial score (nSPS) is 11.9. The van der Waals surface area contributed by atoms with E-state index in [2.05, 4.69) is 30.1 Å². The fraction of sp³-hybridized carbons (Fsp3) is 0.353.